The van der Waals surface area contributed by atoms with Crippen molar-refractivity contribution in [2.45, 2.75) is 183 Å². The Bertz CT molecular complexity index is 1590. The third-order valence-electron chi connectivity index (χ3n) is 19.4. The van der Waals surface area contributed by atoms with E-state index in [4.69, 9.17) is 0 Å². The van der Waals surface area contributed by atoms with Crippen LogP contribution in [0.2, 0.25) is 0 Å². The Labute approximate surface area is 334 Å². The number of rotatable bonds is 7. The molecule has 4 bridgehead atoms. The highest BCUT2D eigenvalue weighted by molar-refractivity contribution is 5.89. The summed E-state index contributed by atoms with van der Waals surface area (Å²) in [5.74, 6) is 1.43. The molecule has 0 aromatic heterocycles. The fourth-order valence-electron chi connectivity index (χ4n) is 16.8. The van der Waals surface area contributed by atoms with Gasteiger partial charge in [-0.15, -0.1) is 0 Å². The molecule has 8 fully saturated rings. The number of carbonyl (C=O) groups excluding carboxylic acids is 6. The van der Waals surface area contributed by atoms with Crippen LogP contribution in [0.25, 0.3) is 0 Å². The average Bonchev–Trinajstić information content (AvgIpc) is 3.44. The van der Waals surface area contributed by atoms with Gasteiger partial charge in [0.05, 0.1) is 10.8 Å². The molecule has 10 nitrogen and oxygen atoms in total. The Morgan fingerprint density at radius 3 is 1.27 bits per heavy atom. The van der Waals surface area contributed by atoms with Crippen LogP contribution in [0.15, 0.2) is 0 Å². The van der Waals surface area contributed by atoms with E-state index in [1.165, 1.54) is 0 Å². The molecule has 8 rings (SSSR count). The lowest BCUT2D eigenvalue weighted by atomic mass is 9.40. The van der Waals surface area contributed by atoms with E-state index in [1.54, 1.807) is 0 Å². The Balaban J connectivity index is 0.778. The number of hydrogen-bond donors (Lipinski definition) is 4. The van der Waals surface area contributed by atoms with Gasteiger partial charge in [-0.25, -0.2) is 0 Å². The minimum Gasteiger partial charge on any atom is -0.299 e. The fraction of sp³-hybridized carbons (Fsp3) is 0.870. The summed E-state index contributed by atoms with van der Waals surface area (Å²) < 4.78 is 0. The van der Waals surface area contributed by atoms with E-state index in [9.17, 15) is 28.8 Å². The van der Waals surface area contributed by atoms with Crippen molar-refractivity contribution < 1.29 is 28.8 Å². The molecule has 8 aliphatic rings. The summed E-state index contributed by atoms with van der Waals surface area (Å²) in [6, 6.07) is 0. The Kier molecular flexibility index (Phi) is 9.56. The fourth-order valence-corrected chi connectivity index (χ4v) is 16.8. The van der Waals surface area contributed by atoms with Crippen LogP contribution in [-0.4, -0.2) is 35.2 Å². The van der Waals surface area contributed by atoms with E-state index < -0.39 is 10.8 Å². The van der Waals surface area contributed by atoms with Crippen molar-refractivity contribution in [3.05, 3.63) is 0 Å². The average molecular weight is 775 g/mol. The molecule has 4 unspecified atom stereocenters. The molecular formula is C46H70N4O6. The lowest BCUT2D eigenvalue weighted by molar-refractivity contribution is -0.171. The molecule has 0 aromatic rings. The zero-order valence-corrected chi connectivity index (χ0v) is 35.3. The van der Waals surface area contributed by atoms with Gasteiger partial charge in [-0.05, 0) is 148 Å². The van der Waals surface area contributed by atoms with Crippen molar-refractivity contribution in [3.8, 4) is 0 Å². The largest absolute Gasteiger partial charge is 0.299 e. The van der Waals surface area contributed by atoms with Gasteiger partial charge in [0.25, 0.3) is 0 Å². The predicted octanol–water partition coefficient (Wildman–Crippen LogP) is 7.59. The lowest BCUT2D eigenvalue weighted by Crippen LogP contribution is -2.61. The smallest absolute Gasteiger partial charge is 0.244 e. The van der Waals surface area contributed by atoms with Crippen LogP contribution in [0.3, 0.4) is 0 Å². The molecule has 310 valence electrons. The summed E-state index contributed by atoms with van der Waals surface area (Å²) in [6.45, 7) is 13.3. The topological polar surface area (TPSA) is 151 Å². The standard InChI is InChI=1S/C46H70N4O6/c1-39-21-13-31-41(3)17-9-19-43(5,29(41)15-23-45(31,27-39)25-33(39)51)37(55)49-47-35(53)11-7-8-12-36(54)48-50-38(56)44(6)20-10-18-42(4)30(44)16-24-46-26-34(52)40(2,28-46)22-14-32(42)46/h29-32H,7-28H2,1-6H3,(H,47,53)(H,48,54)(H,49,55)(H,50,56)/t29?,30?,31?,32?,39-,40+,41+,42-,43+,44-,45-,46+. The first-order valence-corrected chi connectivity index (χ1v) is 22.5. The monoisotopic (exact) mass is 775 g/mol. The number of fused-ring (bicyclic) bond motifs is 6. The zero-order chi connectivity index (χ0) is 40.2. The maximum absolute atomic E-state index is 13.9. The Morgan fingerprint density at radius 2 is 0.875 bits per heavy atom. The number of carbonyl (C=O) groups is 6. The second-order valence-electron chi connectivity index (χ2n) is 22.5. The van der Waals surface area contributed by atoms with Crippen LogP contribution in [0.5, 0.6) is 0 Å². The molecule has 12 atom stereocenters. The second kappa shape index (κ2) is 13.4. The maximum atomic E-state index is 13.9. The molecular weight excluding hydrogens is 705 g/mol. The number of hydrogen-bond acceptors (Lipinski definition) is 6. The van der Waals surface area contributed by atoms with Crippen molar-refractivity contribution in [1.29, 1.82) is 0 Å². The molecule has 8 aliphatic carbocycles. The van der Waals surface area contributed by atoms with Crippen molar-refractivity contribution >= 4 is 35.2 Å². The van der Waals surface area contributed by atoms with E-state index in [0.29, 0.717) is 49.1 Å². The number of hydrazine groups is 2. The zero-order valence-electron chi connectivity index (χ0n) is 35.3. The van der Waals surface area contributed by atoms with Gasteiger partial charge in [-0.1, -0.05) is 54.4 Å². The van der Waals surface area contributed by atoms with Gasteiger partial charge >= 0.3 is 0 Å². The SMILES string of the molecule is C[C@@]12CCC3[C@@](CCC4[C@@]3(C)CCC[C@@]4(C)C(=O)NNC(=O)CCCCC(=O)NNC(=O)[C@@]3(C)CCC[C@]4(C)C5CC[C@]6(C)C[C@@]5(CCC43)CC6=O)(CC1=O)C2. The van der Waals surface area contributed by atoms with Crippen LogP contribution in [-0.2, 0) is 28.8 Å². The lowest BCUT2D eigenvalue weighted by Gasteiger charge is -2.64. The Morgan fingerprint density at radius 1 is 0.500 bits per heavy atom. The number of Topliss-reactive ketones (excluding diaryl/α,β-unsaturated/α-hetero) is 2. The third kappa shape index (κ3) is 5.88. The first-order chi connectivity index (χ1) is 26.3. The van der Waals surface area contributed by atoms with Crippen LogP contribution < -0.4 is 21.7 Å². The summed E-state index contributed by atoms with van der Waals surface area (Å²) in [5.41, 5.74) is 9.62. The maximum Gasteiger partial charge on any atom is 0.244 e. The van der Waals surface area contributed by atoms with Crippen LogP contribution in [0.1, 0.15) is 183 Å². The highest BCUT2D eigenvalue weighted by Gasteiger charge is 2.69. The van der Waals surface area contributed by atoms with Gasteiger partial charge in [0.15, 0.2) is 0 Å². The predicted molar refractivity (Wildman–Crippen MR) is 212 cm³/mol. The molecule has 56 heavy (non-hydrogen) atoms. The minimum absolute atomic E-state index is 0.00264. The Hall–Kier alpha value is -2.78. The van der Waals surface area contributed by atoms with Crippen molar-refractivity contribution in [3.63, 3.8) is 0 Å². The summed E-state index contributed by atoms with van der Waals surface area (Å²) in [6.07, 6.45) is 18.4. The summed E-state index contributed by atoms with van der Waals surface area (Å²) in [4.78, 5) is 79.6. The van der Waals surface area contributed by atoms with Crippen LogP contribution in [0.4, 0.5) is 0 Å². The van der Waals surface area contributed by atoms with Crippen LogP contribution in [0, 0.1) is 67.0 Å². The second-order valence-corrected chi connectivity index (χ2v) is 22.5. The molecule has 4 amide bonds. The first-order valence-electron chi connectivity index (χ1n) is 22.5. The number of amides is 4. The van der Waals surface area contributed by atoms with E-state index in [0.717, 1.165) is 103 Å². The molecule has 0 radical (unpaired) electrons. The summed E-state index contributed by atoms with van der Waals surface area (Å²) in [7, 11) is 0. The van der Waals surface area contributed by atoms with Gasteiger partial charge in [0.2, 0.25) is 23.6 Å². The van der Waals surface area contributed by atoms with E-state index in [2.05, 4.69) is 63.2 Å². The molecule has 10 heteroatoms. The van der Waals surface area contributed by atoms with E-state index in [1.807, 2.05) is 0 Å². The molecule has 8 saturated carbocycles. The van der Waals surface area contributed by atoms with Crippen molar-refractivity contribution in [2.75, 3.05) is 0 Å². The molecule has 0 saturated heterocycles. The number of nitrogens with one attached hydrogen (secondary N) is 4. The molecule has 0 aliphatic heterocycles. The van der Waals surface area contributed by atoms with Gasteiger partial charge in [-0.2, -0.15) is 0 Å². The van der Waals surface area contributed by atoms with Crippen molar-refractivity contribution in [2.24, 2.45) is 67.0 Å². The summed E-state index contributed by atoms with van der Waals surface area (Å²) >= 11 is 0. The molecule has 4 N–H and O–H groups in total. The quantitative estimate of drug-likeness (QED) is 0.155. The molecule has 0 aromatic carbocycles. The van der Waals surface area contributed by atoms with E-state index in [-0.39, 0.29) is 80.8 Å². The van der Waals surface area contributed by atoms with E-state index >= 15 is 0 Å². The van der Waals surface area contributed by atoms with Gasteiger partial charge in [-0.3, -0.25) is 50.5 Å². The highest BCUT2D eigenvalue weighted by Crippen LogP contribution is 2.74. The van der Waals surface area contributed by atoms with Crippen molar-refractivity contribution in [1.82, 2.24) is 21.7 Å². The van der Waals surface area contributed by atoms with Gasteiger partial charge < -0.3 is 0 Å². The normalized spacial score (nSPS) is 47.4. The number of unbranched alkanes of at least 4 members (excludes halogenated alkanes) is 1. The summed E-state index contributed by atoms with van der Waals surface area (Å²) in [5, 5.41) is 0. The molecule has 2 spiro atoms. The molecule has 0 heterocycles. The van der Waals surface area contributed by atoms with Crippen LogP contribution >= 0.6 is 0 Å². The minimum atomic E-state index is -0.589. The first kappa shape index (κ1) is 40.0. The number of ketones is 2. The van der Waals surface area contributed by atoms with Gasteiger partial charge in [0.1, 0.15) is 11.6 Å². The van der Waals surface area contributed by atoms with Gasteiger partial charge in [0, 0.05) is 36.5 Å². The third-order valence-corrected chi connectivity index (χ3v) is 19.4. The highest BCUT2D eigenvalue weighted by atomic mass is 16.2.